The summed E-state index contributed by atoms with van der Waals surface area (Å²) in [6, 6.07) is 15.5. The highest BCUT2D eigenvalue weighted by Gasteiger charge is 2.47. The standard InChI is InChI=1S/C24H30N2O2/c1-5-17(2)26(4)18(3)25-24(16-27,21-12-13-21)22-10-6-8-19(14-22)20-9-7-11-23(28)15-20/h6-11,14-17,21,25,28H,3,5,12-13H2,1-2,4H3. The molecule has 1 aliphatic rings. The van der Waals surface area contributed by atoms with Crippen molar-refractivity contribution in [1.29, 1.82) is 0 Å². The summed E-state index contributed by atoms with van der Waals surface area (Å²) in [5.74, 6) is 1.25. The molecule has 0 saturated heterocycles. The van der Waals surface area contributed by atoms with Gasteiger partial charge in [0.1, 0.15) is 17.6 Å². The SMILES string of the molecule is C=C(NC(C=O)(c1cccc(-c2cccc(O)c2)c1)C1CC1)N(C)C(C)CC. The summed E-state index contributed by atoms with van der Waals surface area (Å²) in [7, 11) is 2.01. The molecule has 1 aliphatic carbocycles. The molecule has 1 fully saturated rings. The molecule has 28 heavy (non-hydrogen) atoms. The topological polar surface area (TPSA) is 52.6 Å². The number of aromatic hydroxyl groups is 1. The third kappa shape index (κ3) is 3.91. The summed E-state index contributed by atoms with van der Waals surface area (Å²) in [6.45, 7) is 8.50. The number of phenolic OH excluding ortho intramolecular Hbond substituents is 1. The Hall–Kier alpha value is -2.75. The van der Waals surface area contributed by atoms with Gasteiger partial charge in [-0.2, -0.15) is 0 Å². The minimum atomic E-state index is -0.786. The second-order valence-corrected chi connectivity index (χ2v) is 7.83. The van der Waals surface area contributed by atoms with Crippen molar-refractivity contribution in [2.75, 3.05) is 7.05 Å². The van der Waals surface area contributed by atoms with E-state index in [2.05, 4.69) is 30.6 Å². The van der Waals surface area contributed by atoms with Crippen LogP contribution in [-0.2, 0) is 10.3 Å². The van der Waals surface area contributed by atoms with Crippen LogP contribution in [0.1, 0.15) is 38.7 Å². The largest absolute Gasteiger partial charge is 0.508 e. The van der Waals surface area contributed by atoms with Crippen molar-refractivity contribution in [3.63, 3.8) is 0 Å². The van der Waals surface area contributed by atoms with E-state index in [4.69, 9.17) is 0 Å². The molecule has 0 aliphatic heterocycles. The molecular weight excluding hydrogens is 348 g/mol. The summed E-state index contributed by atoms with van der Waals surface area (Å²) in [5.41, 5.74) is 2.05. The zero-order valence-electron chi connectivity index (χ0n) is 17.0. The van der Waals surface area contributed by atoms with E-state index in [1.54, 1.807) is 12.1 Å². The van der Waals surface area contributed by atoms with E-state index in [0.29, 0.717) is 6.04 Å². The Bertz CT molecular complexity index is 859. The third-order valence-corrected chi connectivity index (χ3v) is 5.96. The van der Waals surface area contributed by atoms with Gasteiger partial charge >= 0.3 is 0 Å². The van der Waals surface area contributed by atoms with Gasteiger partial charge in [0.05, 0.1) is 5.82 Å². The number of hydrogen-bond donors (Lipinski definition) is 2. The maximum Gasteiger partial charge on any atom is 0.150 e. The number of carbonyl (C=O) groups is 1. The molecule has 4 nitrogen and oxygen atoms in total. The van der Waals surface area contributed by atoms with Crippen molar-refractivity contribution in [3.8, 4) is 16.9 Å². The van der Waals surface area contributed by atoms with Gasteiger partial charge in [-0.05, 0) is 67.0 Å². The van der Waals surface area contributed by atoms with Crippen LogP contribution in [0.5, 0.6) is 5.75 Å². The van der Waals surface area contributed by atoms with Gasteiger partial charge in [0.2, 0.25) is 0 Å². The number of carbonyl (C=O) groups excluding carboxylic acids is 1. The van der Waals surface area contributed by atoms with E-state index in [1.165, 1.54) is 0 Å². The lowest BCUT2D eigenvalue weighted by atomic mass is 9.84. The van der Waals surface area contributed by atoms with E-state index >= 15 is 0 Å². The normalized spacial score (nSPS) is 16.7. The number of phenols is 1. The quantitative estimate of drug-likeness (QED) is 0.624. The molecule has 1 saturated carbocycles. The lowest BCUT2D eigenvalue weighted by molar-refractivity contribution is -0.114. The highest BCUT2D eigenvalue weighted by molar-refractivity contribution is 5.73. The van der Waals surface area contributed by atoms with Gasteiger partial charge in [0.25, 0.3) is 0 Å². The van der Waals surface area contributed by atoms with Crippen LogP contribution in [0.4, 0.5) is 0 Å². The third-order valence-electron chi connectivity index (χ3n) is 5.96. The lowest BCUT2D eigenvalue weighted by Crippen LogP contribution is -2.49. The first-order valence-electron chi connectivity index (χ1n) is 9.97. The molecule has 2 N–H and O–H groups in total. The first-order chi connectivity index (χ1) is 13.4. The van der Waals surface area contributed by atoms with Crippen LogP contribution in [0, 0.1) is 5.92 Å². The molecule has 0 bridgehead atoms. The number of hydrogen-bond acceptors (Lipinski definition) is 4. The van der Waals surface area contributed by atoms with Gasteiger partial charge in [0.15, 0.2) is 0 Å². The number of rotatable bonds is 9. The smallest absolute Gasteiger partial charge is 0.150 e. The van der Waals surface area contributed by atoms with Crippen LogP contribution in [0.15, 0.2) is 60.9 Å². The Morgan fingerprint density at radius 1 is 1.29 bits per heavy atom. The van der Waals surface area contributed by atoms with Crippen LogP contribution >= 0.6 is 0 Å². The van der Waals surface area contributed by atoms with Crippen molar-refractivity contribution in [1.82, 2.24) is 10.2 Å². The van der Waals surface area contributed by atoms with Gasteiger partial charge in [0, 0.05) is 13.1 Å². The average molecular weight is 379 g/mol. The van der Waals surface area contributed by atoms with E-state index < -0.39 is 5.54 Å². The average Bonchev–Trinajstić information content (AvgIpc) is 3.56. The van der Waals surface area contributed by atoms with E-state index in [9.17, 15) is 9.90 Å². The minimum absolute atomic E-state index is 0.230. The molecule has 2 atom stereocenters. The maximum atomic E-state index is 12.4. The van der Waals surface area contributed by atoms with Crippen molar-refractivity contribution < 1.29 is 9.90 Å². The Kier molecular flexibility index (Phi) is 5.78. The van der Waals surface area contributed by atoms with Crippen molar-refractivity contribution in [2.45, 2.75) is 44.7 Å². The number of nitrogens with one attached hydrogen (secondary N) is 1. The molecule has 0 amide bonds. The molecule has 0 spiro atoms. The summed E-state index contributed by atoms with van der Waals surface area (Å²) in [4.78, 5) is 14.5. The molecule has 4 heteroatoms. The Labute approximate surface area is 167 Å². The second kappa shape index (κ2) is 8.09. The van der Waals surface area contributed by atoms with Gasteiger partial charge in [-0.3, -0.25) is 0 Å². The number of aldehydes is 1. The molecule has 148 valence electrons. The van der Waals surface area contributed by atoms with Gasteiger partial charge in [-0.1, -0.05) is 43.8 Å². The minimum Gasteiger partial charge on any atom is -0.508 e. The first-order valence-corrected chi connectivity index (χ1v) is 9.97. The number of benzene rings is 2. The van der Waals surface area contributed by atoms with Crippen molar-refractivity contribution in [3.05, 3.63) is 66.5 Å². The summed E-state index contributed by atoms with van der Waals surface area (Å²) in [5, 5.41) is 13.3. The van der Waals surface area contributed by atoms with Crippen LogP contribution < -0.4 is 5.32 Å². The fraction of sp³-hybridized carbons (Fsp3) is 0.375. The zero-order chi connectivity index (χ0) is 20.3. The van der Waals surface area contributed by atoms with Crippen molar-refractivity contribution in [2.24, 2.45) is 5.92 Å². The van der Waals surface area contributed by atoms with Crippen LogP contribution in [-0.4, -0.2) is 29.4 Å². The maximum absolute atomic E-state index is 12.4. The molecule has 2 unspecified atom stereocenters. The van der Waals surface area contributed by atoms with Crippen LogP contribution in [0.2, 0.25) is 0 Å². The molecule has 0 aromatic heterocycles. The summed E-state index contributed by atoms with van der Waals surface area (Å²) < 4.78 is 0. The Morgan fingerprint density at radius 2 is 1.93 bits per heavy atom. The molecular formula is C24H30N2O2. The van der Waals surface area contributed by atoms with Crippen LogP contribution in [0.25, 0.3) is 11.1 Å². The van der Waals surface area contributed by atoms with Crippen molar-refractivity contribution >= 4 is 6.29 Å². The molecule has 0 heterocycles. The molecule has 2 aromatic rings. The van der Waals surface area contributed by atoms with Crippen LogP contribution in [0.3, 0.4) is 0 Å². The number of nitrogens with zero attached hydrogens (tertiary/aromatic N) is 1. The monoisotopic (exact) mass is 378 g/mol. The molecule has 0 radical (unpaired) electrons. The predicted molar refractivity (Wildman–Crippen MR) is 114 cm³/mol. The van der Waals surface area contributed by atoms with E-state index in [0.717, 1.165) is 48.1 Å². The van der Waals surface area contributed by atoms with Gasteiger partial charge < -0.3 is 20.1 Å². The lowest BCUT2D eigenvalue weighted by Gasteiger charge is -2.37. The molecule has 2 aromatic carbocycles. The second-order valence-electron chi connectivity index (χ2n) is 7.83. The highest BCUT2D eigenvalue weighted by Crippen LogP contribution is 2.46. The van der Waals surface area contributed by atoms with Gasteiger partial charge in [-0.25, -0.2) is 0 Å². The summed E-state index contributed by atoms with van der Waals surface area (Å²) >= 11 is 0. The Balaban J connectivity index is 1.97. The fourth-order valence-corrected chi connectivity index (χ4v) is 3.65. The predicted octanol–water partition coefficient (Wildman–Crippen LogP) is 4.65. The first kappa shape index (κ1) is 20.0. The Morgan fingerprint density at radius 3 is 2.50 bits per heavy atom. The summed E-state index contributed by atoms with van der Waals surface area (Å²) in [6.07, 6.45) is 4.08. The van der Waals surface area contributed by atoms with Gasteiger partial charge in [-0.15, -0.1) is 0 Å². The zero-order valence-corrected chi connectivity index (χ0v) is 17.0. The van der Waals surface area contributed by atoms with E-state index in [1.807, 2.05) is 43.4 Å². The highest BCUT2D eigenvalue weighted by atomic mass is 16.3. The molecule has 3 rings (SSSR count). The van der Waals surface area contributed by atoms with E-state index in [-0.39, 0.29) is 11.7 Å². The fourth-order valence-electron chi connectivity index (χ4n) is 3.65.